The normalized spacial score (nSPS) is 10.8. The number of non-ortho nitro benzene ring substituents is 1. The first kappa shape index (κ1) is 14.6. The van der Waals surface area contributed by atoms with Crippen LogP contribution in [0.4, 0.5) is 5.69 Å². The molecular weight excluding hydrogens is 331 g/mol. The van der Waals surface area contributed by atoms with E-state index in [2.05, 4.69) is 10.3 Å². The Morgan fingerprint density at radius 1 is 1.23 bits per heavy atom. The van der Waals surface area contributed by atoms with E-state index in [0.29, 0.717) is 26.6 Å². The van der Waals surface area contributed by atoms with Crippen LogP contribution >= 0.6 is 23.2 Å². The van der Waals surface area contributed by atoms with Gasteiger partial charge in [0.15, 0.2) is 0 Å². The Labute approximate surface area is 134 Å². The van der Waals surface area contributed by atoms with Crippen LogP contribution in [0.3, 0.4) is 0 Å². The van der Waals surface area contributed by atoms with Crippen LogP contribution in [-0.2, 0) is 6.61 Å². The molecule has 0 atom stereocenters. The number of benzene rings is 2. The third-order valence-corrected chi connectivity index (χ3v) is 3.65. The van der Waals surface area contributed by atoms with Gasteiger partial charge < -0.3 is 4.84 Å². The van der Waals surface area contributed by atoms with Gasteiger partial charge in [-0.15, -0.1) is 5.10 Å². The monoisotopic (exact) mass is 338 g/mol. The van der Waals surface area contributed by atoms with Crippen molar-refractivity contribution in [3.05, 3.63) is 62.1 Å². The van der Waals surface area contributed by atoms with Gasteiger partial charge in [-0.2, -0.15) is 0 Å². The third kappa shape index (κ3) is 2.81. The van der Waals surface area contributed by atoms with Crippen molar-refractivity contribution in [2.45, 2.75) is 6.61 Å². The number of aromatic nitrogens is 3. The van der Waals surface area contributed by atoms with E-state index in [1.54, 1.807) is 24.3 Å². The average Bonchev–Trinajstić information content (AvgIpc) is 2.88. The molecule has 9 heteroatoms. The number of rotatable bonds is 4. The summed E-state index contributed by atoms with van der Waals surface area (Å²) in [7, 11) is 0. The molecule has 0 N–H and O–H groups in total. The molecule has 0 spiro atoms. The molecule has 0 amide bonds. The van der Waals surface area contributed by atoms with Gasteiger partial charge in [-0.1, -0.05) is 40.2 Å². The van der Waals surface area contributed by atoms with Crippen molar-refractivity contribution in [2.24, 2.45) is 0 Å². The van der Waals surface area contributed by atoms with E-state index in [1.165, 1.54) is 17.0 Å². The largest absolute Gasteiger partial charge is 0.390 e. The van der Waals surface area contributed by atoms with E-state index in [9.17, 15) is 10.1 Å². The van der Waals surface area contributed by atoms with Crippen molar-refractivity contribution in [2.75, 3.05) is 0 Å². The maximum absolute atomic E-state index is 10.7. The third-order valence-electron chi connectivity index (χ3n) is 2.93. The van der Waals surface area contributed by atoms with Gasteiger partial charge in [-0.05, 0) is 22.9 Å². The molecule has 7 nitrogen and oxygen atoms in total. The first-order valence-corrected chi connectivity index (χ1v) is 6.87. The molecule has 0 aliphatic rings. The Morgan fingerprint density at radius 2 is 2.00 bits per heavy atom. The number of fused-ring (bicyclic) bond motifs is 1. The van der Waals surface area contributed by atoms with Gasteiger partial charge >= 0.3 is 0 Å². The highest BCUT2D eigenvalue weighted by Gasteiger charge is 2.10. The summed E-state index contributed by atoms with van der Waals surface area (Å²) in [6.45, 7) is 0.0976. The van der Waals surface area contributed by atoms with Gasteiger partial charge in [0, 0.05) is 12.1 Å². The fourth-order valence-electron chi connectivity index (χ4n) is 1.89. The van der Waals surface area contributed by atoms with Crippen LogP contribution in [0.1, 0.15) is 5.56 Å². The van der Waals surface area contributed by atoms with E-state index >= 15 is 0 Å². The molecule has 2 aromatic carbocycles. The second kappa shape index (κ2) is 5.78. The first-order chi connectivity index (χ1) is 10.5. The van der Waals surface area contributed by atoms with Gasteiger partial charge in [0.1, 0.15) is 17.6 Å². The molecule has 0 radical (unpaired) electrons. The number of hydrogen-bond donors (Lipinski definition) is 0. The number of nitro benzene ring substituents is 1. The number of nitro groups is 1. The number of hydrogen-bond acceptors (Lipinski definition) is 5. The molecular formula is C13H8Cl2N4O3. The highest BCUT2D eigenvalue weighted by molar-refractivity contribution is 6.42. The topological polar surface area (TPSA) is 83.1 Å². The van der Waals surface area contributed by atoms with Crippen LogP contribution in [-0.4, -0.2) is 20.1 Å². The van der Waals surface area contributed by atoms with Crippen LogP contribution in [0.15, 0.2) is 36.4 Å². The molecule has 0 aliphatic carbocycles. The van der Waals surface area contributed by atoms with E-state index < -0.39 is 4.92 Å². The lowest BCUT2D eigenvalue weighted by Gasteiger charge is -2.05. The SMILES string of the molecule is O=[N+]([O-])c1cccc(COn2nnc3cc(Cl)c(Cl)cc32)c1. The molecule has 3 aromatic rings. The lowest BCUT2D eigenvalue weighted by atomic mass is 10.2. The second-order valence-corrected chi connectivity index (χ2v) is 5.23. The van der Waals surface area contributed by atoms with E-state index in [-0.39, 0.29) is 12.3 Å². The summed E-state index contributed by atoms with van der Waals surface area (Å²) in [5, 5.41) is 19.2. The maximum Gasteiger partial charge on any atom is 0.269 e. The molecule has 22 heavy (non-hydrogen) atoms. The van der Waals surface area contributed by atoms with Gasteiger partial charge in [-0.3, -0.25) is 10.1 Å². The molecule has 1 aromatic heterocycles. The van der Waals surface area contributed by atoms with Crippen molar-refractivity contribution in [1.29, 1.82) is 0 Å². The quantitative estimate of drug-likeness (QED) is 0.538. The number of nitrogens with zero attached hydrogens (tertiary/aromatic N) is 4. The molecule has 112 valence electrons. The van der Waals surface area contributed by atoms with Crippen molar-refractivity contribution < 1.29 is 9.76 Å². The van der Waals surface area contributed by atoms with Crippen LogP contribution < -0.4 is 4.84 Å². The predicted octanol–water partition coefficient (Wildman–Crippen LogP) is 3.28. The Balaban J connectivity index is 1.84. The van der Waals surface area contributed by atoms with Crippen molar-refractivity contribution >= 4 is 39.9 Å². The summed E-state index contributed by atoms with van der Waals surface area (Å²) in [6.07, 6.45) is 0. The first-order valence-electron chi connectivity index (χ1n) is 6.11. The summed E-state index contributed by atoms with van der Waals surface area (Å²) in [6, 6.07) is 9.33. The molecule has 3 rings (SSSR count). The smallest absolute Gasteiger partial charge is 0.269 e. The molecule has 0 saturated carbocycles. The van der Waals surface area contributed by atoms with Gasteiger partial charge in [0.2, 0.25) is 0 Å². The maximum atomic E-state index is 10.7. The highest BCUT2D eigenvalue weighted by Crippen LogP contribution is 2.26. The van der Waals surface area contributed by atoms with Crippen LogP contribution in [0.25, 0.3) is 11.0 Å². The molecule has 0 bridgehead atoms. The molecule has 0 saturated heterocycles. The molecule has 0 fully saturated rings. The number of halogens is 2. The van der Waals surface area contributed by atoms with Gasteiger partial charge in [0.05, 0.1) is 15.0 Å². The minimum absolute atomic E-state index is 0.000579. The van der Waals surface area contributed by atoms with Crippen molar-refractivity contribution in [3.8, 4) is 0 Å². The average molecular weight is 339 g/mol. The van der Waals surface area contributed by atoms with E-state index in [0.717, 1.165) is 0 Å². The Hall–Kier alpha value is -2.38. The summed E-state index contributed by atoms with van der Waals surface area (Å²) in [4.78, 5) is 17.0. The van der Waals surface area contributed by atoms with Crippen LogP contribution in [0, 0.1) is 10.1 Å². The minimum Gasteiger partial charge on any atom is -0.390 e. The molecule has 1 heterocycles. The van der Waals surface area contributed by atoms with Gasteiger partial charge in [-0.25, -0.2) is 0 Å². The van der Waals surface area contributed by atoms with Crippen LogP contribution in [0.5, 0.6) is 0 Å². The van der Waals surface area contributed by atoms with Crippen molar-refractivity contribution in [1.82, 2.24) is 15.2 Å². The zero-order chi connectivity index (χ0) is 15.7. The summed E-state index contributed by atoms with van der Waals surface area (Å²) in [5.74, 6) is 0. The zero-order valence-corrected chi connectivity index (χ0v) is 12.5. The summed E-state index contributed by atoms with van der Waals surface area (Å²) >= 11 is 11.9. The van der Waals surface area contributed by atoms with E-state index in [4.69, 9.17) is 28.0 Å². The second-order valence-electron chi connectivity index (χ2n) is 4.42. The lowest BCUT2D eigenvalue weighted by molar-refractivity contribution is -0.384. The Kier molecular flexibility index (Phi) is 3.82. The zero-order valence-electron chi connectivity index (χ0n) is 10.9. The minimum atomic E-state index is -0.462. The fourth-order valence-corrected chi connectivity index (χ4v) is 2.20. The molecule has 0 aliphatic heterocycles. The highest BCUT2D eigenvalue weighted by atomic mass is 35.5. The van der Waals surface area contributed by atoms with Crippen LogP contribution in [0.2, 0.25) is 10.0 Å². The standard InChI is InChI=1S/C13H8Cl2N4O3/c14-10-5-12-13(6-11(10)15)18(17-16-12)22-7-8-2-1-3-9(4-8)19(20)21/h1-6H,7H2. The predicted molar refractivity (Wildman–Crippen MR) is 80.9 cm³/mol. The summed E-state index contributed by atoms with van der Waals surface area (Å²) in [5.41, 5.74) is 1.73. The van der Waals surface area contributed by atoms with Crippen molar-refractivity contribution in [3.63, 3.8) is 0 Å². The summed E-state index contributed by atoms with van der Waals surface area (Å²) < 4.78 is 0. The lowest BCUT2D eigenvalue weighted by Crippen LogP contribution is -2.12. The Bertz CT molecular complexity index is 866. The van der Waals surface area contributed by atoms with Gasteiger partial charge in [0.25, 0.3) is 5.69 Å². The van der Waals surface area contributed by atoms with E-state index in [1.807, 2.05) is 0 Å². The Morgan fingerprint density at radius 3 is 2.77 bits per heavy atom. The fraction of sp³-hybridized carbons (Fsp3) is 0.0769. The molecule has 0 unspecified atom stereocenters.